The first-order valence-corrected chi connectivity index (χ1v) is 6.01. The van der Waals surface area contributed by atoms with Crippen LogP contribution in [0.1, 0.15) is 40.5 Å². The highest BCUT2D eigenvalue weighted by molar-refractivity contribution is 4.72. The second-order valence-corrected chi connectivity index (χ2v) is 5.29. The van der Waals surface area contributed by atoms with Gasteiger partial charge in [-0.1, -0.05) is 0 Å². The van der Waals surface area contributed by atoms with Gasteiger partial charge in [0.15, 0.2) is 0 Å². The lowest BCUT2D eigenvalue weighted by atomic mass is 10.0. The maximum Gasteiger partial charge on any atom is 0.0649 e. The van der Waals surface area contributed by atoms with Crippen molar-refractivity contribution in [2.24, 2.45) is 11.5 Å². The average molecular weight is 232 g/mol. The highest BCUT2D eigenvalue weighted by Gasteiger charge is 2.21. The average Bonchev–Trinajstić information content (AvgIpc) is 2.14. The fourth-order valence-electron chi connectivity index (χ4n) is 1.40. The molecule has 0 aliphatic rings. The lowest BCUT2D eigenvalue weighted by Gasteiger charge is -2.29. The molecule has 4 N–H and O–H groups in total. The van der Waals surface area contributed by atoms with E-state index >= 15 is 0 Å². The fourth-order valence-corrected chi connectivity index (χ4v) is 1.40. The van der Waals surface area contributed by atoms with Crippen LogP contribution in [0.15, 0.2) is 0 Å². The molecule has 16 heavy (non-hydrogen) atoms. The summed E-state index contributed by atoms with van der Waals surface area (Å²) in [6.45, 7) is 10.7. The summed E-state index contributed by atoms with van der Waals surface area (Å²) in [6.07, 6.45) is 1.73. The van der Waals surface area contributed by atoms with E-state index in [1.54, 1.807) is 0 Å². The normalized spacial score (nSPS) is 13.1. The number of hydrogen-bond donors (Lipinski definition) is 2. The van der Waals surface area contributed by atoms with Gasteiger partial charge in [-0.2, -0.15) is 0 Å². The monoisotopic (exact) mass is 232 g/mol. The van der Waals surface area contributed by atoms with Crippen LogP contribution in [0.2, 0.25) is 0 Å². The first-order valence-electron chi connectivity index (χ1n) is 6.01. The Hall–Kier alpha value is -0.160. The van der Waals surface area contributed by atoms with Gasteiger partial charge in [-0.05, 0) is 47.1 Å². The zero-order valence-corrected chi connectivity index (χ0v) is 11.2. The summed E-state index contributed by atoms with van der Waals surface area (Å²) in [7, 11) is 0. The second kappa shape index (κ2) is 7.22. The maximum atomic E-state index is 5.79. The molecule has 0 rings (SSSR count). The van der Waals surface area contributed by atoms with Crippen molar-refractivity contribution >= 4 is 0 Å². The van der Waals surface area contributed by atoms with Crippen LogP contribution in [-0.2, 0) is 9.47 Å². The molecule has 0 spiro atoms. The summed E-state index contributed by atoms with van der Waals surface area (Å²) >= 11 is 0. The van der Waals surface area contributed by atoms with E-state index in [1.807, 2.05) is 0 Å². The summed E-state index contributed by atoms with van der Waals surface area (Å²) in [5.74, 6) is 0. The van der Waals surface area contributed by atoms with Gasteiger partial charge < -0.3 is 20.9 Å². The fraction of sp³-hybridized carbons (Fsp3) is 1.00. The molecule has 0 aromatic carbocycles. The first-order chi connectivity index (χ1) is 7.33. The van der Waals surface area contributed by atoms with Crippen LogP contribution in [0.25, 0.3) is 0 Å². The highest BCUT2D eigenvalue weighted by atomic mass is 16.5. The topological polar surface area (TPSA) is 70.5 Å². The SMILES string of the molecule is CC(C)(CCN)OCCC(C)(C)OCCN. The van der Waals surface area contributed by atoms with Crippen molar-refractivity contribution in [2.45, 2.75) is 51.7 Å². The van der Waals surface area contributed by atoms with Crippen LogP contribution in [0.5, 0.6) is 0 Å². The summed E-state index contributed by atoms with van der Waals surface area (Å²) in [5.41, 5.74) is 10.6. The molecule has 0 heterocycles. The number of nitrogens with two attached hydrogens (primary N) is 2. The lowest BCUT2D eigenvalue weighted by molar-refractivity contribution is -0.0717. The Labute approximate surface area is 99.7 Å². The van der Waals surface area contributed by atoms with Crippen molar-refractivity contribution in [3.63, 3.8) is 0 Å². The highest BCUT2D eigenvalue weighted by Crippen LogP contribution is 2.18. The summed E-state index contributed by atoms with van der Waals surface area (Å²) in [5, 5.41) is 0. The maximum absolute atomic E-state index is 5.79. The van der Waals surface area contributed by atoms with Gasteiger partial charge in [0.1, 0.15) is 0 Å². The van der Waals surface area contributed by atoms with E-state index in [0.29, 0.717) is 26.3 Å². The molecule has 0 aliphatic carbocycles. The van der Waals surface area contributed by atoms with Crippen LogP contribution < -0.4 is 11.5 Å². The molecule has 0 aromatic heterocycles. The molecule has 0 saturated carbocycles. The van der Waals surface area contributed by atoms with Gasteiger partial charge >= 0.3 is 0 Å². The molecule has 0 bridgehead atoms. The van der Waals surface area contributed by atoms with Crippen molar-refractivity contribution in [2.75, 3.05) is 26.3 Å². The largest absolute Gasteiger partial charge is 0.375 e. The molecule has 98 valence electrons. The molecule has 0 unspecified atom stereocenters. The quantitative estimate of drug-likeness (QED) is 0.628. The van der Waals surface area contributed by atoms with Crippen molar-refractivity contribution in [1.82, 2.24) is 0 Å². The molecule has 0 amide bonds. The number of ether oxygens (including phenoxy) is 2. The summed E-state index contributed by atoms with van der Waals surface area (Å²) in [6, 6.07) is 0. The number of rotatable bonds is 9. The summed E-state index contributed by atoms with van der Waals surface area (Å²) in [4.78, 5) is 0. The Kier molecular flexibility index (Phi) is 7.15. The predicted molar refractivity (Wildman–Crippen MR) is 67.4 cm³/mol. The van der Waals surface area contributed by atoms with Gasteiger partial charge in [0.25, 0.3) is 0 Å². The Bertz CT molecular complexity index is 182. The molecule has 4 nitrogen and oxygen atoms in total. The third-order valence-electron chi connectivity index (χ3n) is 2.55. The molecular formula is C12H28N2O2. The van der Waals surface area contributed by atoms with Crippen LogP contribution in [0, 0.1) is 0 Å². The summed E-state index contributed by atoms with van der Waals surface area (Å²) < 4.78 is 11.4. The van der Waals surface area contributed by atoms with Gasteiger partial charge in [0.05, 0.1) is 24.4 Å². The Morgan fingerprint density at radius 1 is 0.750 bits per heavy atom. The van der Waals surface area contributed by atoms with Gasteiger partial charge in [-0.25, -0.2) is 0 Å². The minimum atomic E-state index is -0.168. The first kappa shape index (κ1) is 15.8. The van der Waals surface area contributed by atoms with Crippen molar-refractivity contribution < 1.29 is 9.47 Å². The smallest absolute Gasteiger partial charge is 0.0649 e. The standard InChI is InChI=1S/C12H28N2O2/c1-11(2,5-7-13)15-9-6-12(3,4)16-10-8-14/h5-10,13-14H2,1-4H3. The minimum absolute atomic E-state index is 0.140. The Balaban J connectivity index is 3.78. The molecule has 4 heteroatoms. The van der Waals surface area contributed by atoms with E-state index in [2.05, 4.69) is 27.7 Å². The molecule has 0 radical (unpaired) electrons. The molecule has 0 atom stereocenters. The van der Waals surface area contributed by atoms with Crippen molar-refractivity contribution in [3.05, 3.63) is 0 Å². The van der Waals surface area contributed by atoms with Crippen LogP contribution >= 0.6 is 0 Å². The van der Waals surface area contributed by atoms with Gasteiger partial charge in [0, 0.05) is 6.54 Å². The third kappa shape index (κ3) is 8.05. The van der Waals surface area contributed by atoms with Gasteiger partial charge in [-0.15, -0.1) is 0 Å². The van der Waals surface area contributed by atoms with Crippen LogP contribution in [0.4, 0.5) is 0 Å². The van der Waals surface area contributed by atoms with E-state index in [1.165, 1.54) is 0 Å². The van der Waals surface area contributed by atoms with Gasteiger partial charge in [-0.3, -0.25) is 0 Å². The Morgan fingerprint density at radius 2 is 1.25 bits per heavy atom. The molecule has 0 aliphatic heterocycles. The lowest BCUT2D eigenvalue weighted by Crippen LogP contribution is -2.33. The van der Waals surface area contributed by atoms with E-state index in [0.717, 1.165) is 12.8 Å². The predicted octanol–water partition coefficient (Wildman–Crippen LogP) is 1.27. The second-order valence-electron chi connectivity index (χ2n) is 5.29. The zero-order valence-electron chi connectivity index (χ0n) is 11.2. The van der Waals surface area contributed by atoms with Crippen LogP contribution in [0.3, 0.4) is 0 Å². The van der Waals surface area contributed by atoms with E-state index in [-0.39, 0.29) is 11.2 Å². The zero-order chi connectivity index (χ0) is 12.7. The van der Waals surface area contributed by atoms with Crippen molar-refractivity contribution in [1.29, 1.82) is 0 Å². The number of hydrogen-bond acceptors (Lipinski definition) is 4. The van der Waals surface area contributed by atoms with Gasteiger partial charge in [0.2, 0.25) is 0 Å². The van der Waals surface area contributed by atoms with E-state index < -0.39 is 0 Å². The minimum Gasteiger partial charge on any atom is -0.375 e. The molecule has 0 saturated heterocycles. The third-order valence-corrected chi connectivity index (χ3v) is 2.55. The molecule has 0 aromatic rings. The van der Waals surface area contributed by atoms with E-state index in [9.17, 15) is 0 Å². The molecule has 0 fully saturated rings. The van der Waals surface area contributed by atoms with Crippen LogP contribution in [-0.4, -0.2) is 37.5 Å². The Morgan fingerprint density at radius 3 is 1.75 bits per heavy atom. The molecular weight excluding hydrogens is 204 g/mol. The van der Waals surface area contributed by atoms with Crippen molar-refractivity contribution in [3.8, 4) is 0 Å². The van der Waals surface area contributed by atoms with E-state index in [4.69, 9.17) is 20.9 Å².